The number of fused-ring (bicyclic) bond motifs is 1. The number of rotatable bonds is 4. The third-order valence-corrected chi connectivity index (χ3v) is 3.41. The van der Waals surface area contributed by atoms with Crippen molar-refractivity contribution in [2.24, 2.45) is 5.92 Å². The van der Waals surface area contributed by atoms with Crippen LogP contribution >= 0.6 is 0 Å². The first kappa shape index (κ1) is 13.1. The van der Waals surface area contributed by atoms with Gasteiger partial charge in [-0.3, -0.25) is 4.79 Å². The van der Waals surface area contributed by atoms with Gasteiger partial charge in [0.05, 0.1) is 6.61 Å². The van der Waals surface area contributed by atoms with Crippen LogP contribution in [0.25, 0.3) is 0 Å². The van der Waals surface area contributed by atoms with Crippen molar-refractivity contribution >= 4 is 5.91 Å². The zero-order valence-corrected chi connectivity index (χ0v) is 10.5. The van der Waals surface area contributed by atoms with E-state index >= 15 is 0 Å². The molecule has 0 bridgehead atoms. The molecule has 0 aromatic heterocycles. The fraction of sp³-hybridized carbons (Fsp3) is 0.500. The summed E-state index contributed by atoms with van der Waals surface area (Å²) in [4.78, 5) is 12.0. The lowest BCUT2D eigenvalue weighted by molar-refractivity contribution is -0.126. The monoisotopic (exact) mass is 249 g/mol. The van der Waals surface area contributed by atoms with Crippen LogP contribution in [0.2, 0.25) is 0 Å². The predicted molar refractivity (Wildman–Crippen MR) is 68.1 cm³/mol. The number of amides is 1. The highest BCUT2D eigenvalue weighted by Gasteiger charge is 2.28. The minimum atomic E-state index is -1.25. The molecule has 4 nitrogen and oxygen atoms in total. The van der Waals surface area contributed by atoms with Gasteiger partial charge in [-0.2, -0.15) is 0 Å². The topological polar surface area (TPSA) is 69.6 Å². The Morgan fingerprint density at radius 2 is 1.94 bits per heavy atom. The molecule has 2 rings (SSSR count). The molecule has 0 fully saturated rings. The molecule has 0 saturated carbocycles. The lowest BCUT2D eigenvalue weighted by atomic mass is 10.0. The average molecular weight is 249 g/mol. The van der Waals surface area contributed by atoms with Crippen molar-refractivity contribution < 1.29 is 15.0 Å². The molecule has 98 valence electrons. The molecule has 1 aromatic carbocycles. The molecule has 3 N–H and O–H groups in total. The van der Waals surface area contributed by atoms with Crippen molar-refractivity contribution in [3.63, 3.8) is 0 Å². The SMILES string of the molecule is CC(O)(CO)CNC(=O)C1Cc2ccccc2C1. The second kappa shape index (κ2) is 5.08. The maximum atomic E-state index is 12.0. The Morgan fingerprint density at radius 3 is 2.44 bits per heavy atom. The van der Waals surface area contributed by atoms with Crippen LogP contribution in [-0.2, 0) is 17.6 Å². The molecule has 18 heavy (non-hydrogen) atoms. The van der Waals surface area contributed by atoms with Crippen molar-refractivity contribution in [2.75, 3.05) is 13.2 Å². The Balaban J connectivity index is 1.90. The normalized spacial score (nSPS) is 18.2. The summed E-state index contributed by atoms with van der Waals surface area (Å²) in [6.07, 6.45) is 1.51. The summed E-state index contributed by atoms with van der Waals surface area (Å²) >= 11 is 0. The van der Waals surface area contributed by atoms with Crippen molar-refractivity contribution in [1.29, 1.82) is 0 Å². The summed E-state index contributed by atoms with van der Waals surface area (Å²) in [5.74, 6) is -0.114. The number of carbonyl (C=O) groups is 1. The summed E-state index contributed by atoms with van der Waals surface area (Å²) < 4.78 is 0. The first-order valence-corrected chi connectivity index (χ1v) is 6.19. The summed E-state index contributed by atoms with van der Waals surface area (Å²) in [5.41, 5.74) is 1.21. The highest BCUT2D eigenvalue weighted by atomic mass is 16.3. The number of aliphatic hydroxyl groups is 2. The van der Waals surface area contributed by atoms with Gasteiger partial charge in [-0.25, -0.2) is 0 Å². The van der Waals surface area contributed by atoms with Crippen LogP contribution in [0.4, 0.5) is 0 Å². The molecule has 4 heteroatoms. The molecule has 1 amide bonds. The molecule has 1 unspecified atom stereocenters. The van der Waals surface area contributed by atoms with E-state index in [0.29, 0.717) is 0 Å². The van der Waals surface area contributed by atoms with Gasteiger partial charge in [0.1, 0.15) is 5.60 Å². The van der Waals surface area contributed by atoms with E-state index in [9.17, 15) is 9.90 Å². The van der Waals surface area contributed by atoms with E-state index in [2.05, 4.69) is 5.32 Å². The Morgan fingerprint density at radius 1 is 1.39 bits per heavy atom. The number of hydrogen-bond acceptors (Lipinski definition) is 3. The van der Waals surface area contributed by atoms with Crippen molar-refractivity contribution in [2.45, 2.75) is 25.4 Å². The van der Waals surface area contributed by atoms with Crippen LogP contribution in [0.15, 0.2) is 24.3 Å². The van der Waals surface area contributed by atoms with Gasteiger partial charge in [0.2, 0.25) is 5.91 Å². The van der Waals surface area contributed by atoms with Crippen molar-refractivity contribution in [1.82, 2.24) is 5.32 Å². The van der Waals surface area contributed by atoms with E-state index in [4.69, 9.17) is 5.11 Å². The average Bonchev–Trinajstić information content (AvgIpc) is 2.80. The van der Waals surface area contributed by atoms with Crippen LogP contribution in [0.5, 0.6) is 0 Å². The Labute approximate surface area is 107 Å². The minimum absolute atomic E-state index is 0.0556. The van der Waals surface area contributed by atoms with Crippen LogP contribution in [0, 0.1) is 5.92 Å². The summed E-state index contributed by atoms with van der Waals surface area (Å²) in [6.45, 7) is 1.21. The predicted octanol–water partition coefficient (Wildman–Crippen LogP) is 0.261. The van der Waals surface area contributed by atoms with Gasteiger partial charge in [0.15, 0.2) is 0 Å². The fourth-order valence-corrected chi connectivity index (χ4v) is 2.22. The number of benzene rings is 1. The number of nitrogens with one attached hydrogen (secondary N) is 1. The van der Waals surface area contributed by atoms with Crippen LogP contribution in [-0.4, -0.2) is 34.9 Å². The van der Waals surface area contributed by atoms with E-state index in [1.165, 1.54) is 18.1 Å². The number of aliphatic hydroxyl groups excluding tert-OH is 1. The molecular formula is C14H19NO3. The lowest BCUT2D eigenvalue weighted by Gasteiger charge is -2.21. The molecule has 0 radical (unpaired) electrons. The third-order valence-electron chi connectivity index (χ3n) is 3.41. The van der Waals surface area contributed by atoms with Gasteiger partial charge < -0.3 is 15.5 Å². The van der Waals surface area contributed by atoms with Gasteiger partial charge in [-0.05, 0) is 30.9 Å². The molecule has 0 spiro atoms. The largest absolute Gasteiger partial charge is 0.393 e. The van der Waals surface area contributed by atoms with Gasteiger partial charge in [0.25, 0.3) is 0 Å². The smallest absolute Gasteiger partial charge is 0.223 e. The van der Waals surface area contributed by atoms with Gasteiger partial charge >= 0.3 is 0 Å². The maximum absolute atomic E-state index is 12.0. The fourth-order valence-electron chi connectivity index (χ4n) is 2.22. The Bertz CT molecular complexity index is 417. The third kappa shape index (κ3) is 2.89. The molecule has 0 heterocycles. The molecule has 1 aliphatic rings. The van der Waals surface area contributed by atoms with E-state index < -0.39 is 5.60 Å². The van der Waals surface area contributed by atoms with E-state index in [1.54, 1.807) is 0 Å². The second-order valence-electron chi connectivity index (χ2n) is 5.25. The van der Waals surface area contributed by atoms with Crippen molar-refractivity contribution in [3.8, 4) is 0 Å². The molecule has 0 aliphatic heterocycles. The standard InChI is InChI=1S/C14H19NO3/c1-14(18,9-16)8-15-13(17)12-6-10-4-2-3-5-11(10)7-12/h2-5,12,16,18H,6-9H2,1H3,(H,15,17). The van der Waals surface area contributed by atoms with Crippen LogP contribution in [0.3, 0.4) is 0 Å². The minimum Gasteiger partial charge on any atom is -0.393 e. The van der Waals surface area contributed by atoms with Gasteiger partial charge in [0, 0.05) is 12.5 Å². The van der Waals surface area contributed by atoms with Crippen LogP contribution < -0.4 is 5.32 Å². The molecule has 1 aromatic rings. The first-order chi connectivity index (χ1) is 8.52. The first-order valence-electron chi connectivity index (χ1n) is 6.19. The van der Waals surface area contributed by atoms with E-state index in [0.717, 1.165) is 12.8 Å². The Hall–Kier alpha value is -1.39. The quantitative estimate of drug-likeness (QED) is 0.717. The second-order valence-corrected chi connectivity index (χ2v) is 5.25. The highest BCUT2D eigenvalue weighted by molar-refractivity contribution is 5.80. The lowest BCUT2D eigenvalue weighted by Crippen LogP contribution is -2.45. The van der Waals surface area contributed by atoms with Crippen LogP contribution in [0.1, 0.15) is 18.1 Å². The molecular weight excluding hydrogens is 230 g/mol. The molecule has 1 atom stereocenters. The van der Waals surface area contributed by atoms with E-state index in [-0.39, 0.29) is 25.0 Å². The summed E-state index contributed by atoms with van der Waals surface area (Å²) in [6, 6.07) is 8.06. The van der Waals surface area contributed by atoms with Gasteiger partial charge in [-0.1, -0.05) is 24.3 Å². The summed E-state index contributed by atoms with van der Waals surface area (Å²) in [5, 5.41) is 21.2. The van der Waals surface area contributed by atoms with Gasteiger partial charge in [-0.15, -0.1) is 0 Å². The van der Waals surface area contributed by atoms with E-state index in [1.807, 2.05) is 24.3 Å². The number of hydrogen-bond donors (Lipinski definition) is 3. The number of carbonyl (C=O) groups excluding carboxylic acids is 1. The molecule has 1 aliphatic carbocycles. The zero-order valence-electron chi connectivity index (χ0n) is 10.5. The molecule has 0 saturated heterocycles. The van der Waals surface area contributed by atoms with Crippen molar-refractivity contribution in [3.05, 3.63) is 35.4 Å². The Kier molecular flexibility index (Phi) is 3.68. The zero-order chi connectivity index (χ0) is 13.2. The highest BCUT2D eigenvalue weighted by Crippen LogP contribution is 2.26. The maximum Gasteiger partial charge on any atom is 0.223 e. The summed E-state index contributed by atoms with van der Waals surface area (Å²) in [7, 11) is 0.